The molecule has 3 N–H and O–H groups in total. The van der Waals surface area contributed by atoms with Crippen molar-refractivity contribution in [1.82, 2.24) is 0 Å². The predicted octanol–water partition coefficient (Wildman–Crippen LogP) is 3.36. The number of anilines is 2. The van der Waals surface area contributed by atoms with Gasteiger partial charge >= 0.3 is 0 Å². The van der Waals surface area contributed by atoms with E-state index in [-0.39, 0.29) is 15.5 Å². The van der Waals surface area contributed by atoms with Crippen molar-refractivity contribution in [2.75, 3.05) is 10.5 Å². The van der Waals surface area contributed by atoms with E-state index in [1.165, 1.54) is 24.3 Å². The molecule has 0 saturated carbocycles. The molecule has 0 aromatic heterocycles. The summed E-state index contributed by atoms with van der Waals surface area (Å²) in [6.45, 7) is 0. The Balaban J connectivity index is 2.41. The molecular formula is C13H9BrClN3O2S. The molecule has 0 bridgehead atoms. The largest absolute Gasteiger partial charge is 0.399 e. The smallest absolute Gasteiger partial charge is 0.261 e. The minimum atomic E-state index is -3.83. The fourth-order valence-electron chi connectivity index (χ4n) is 1.58. The van der Waals surface area contributed by atoms with Gasteiger partial charge in [0.25, 0.3) is 10.0 Å². The Morgan fingerprint density at radius 2 is 1.95 bits per heavy atom. The fourth-order valence-corrected chi connectivity index (χ4v) is 3.44. The van der Waals surface area contributed by atoms with Gasteiger partial charge in [-0.15, -0.1) is 0 Å². The van der Waals surface area contributed by atoms with E-state index in [9.17, 15) is 8.42 Å². The van der Waals surface area contributed by atoms with Gasteiger partial charge in [0.15, 0.2) is 0 Å². The standard InChI is InChI=1S/C13H9BrClN3O2S/c14-11-4-2-9(17)5-13(11)18-21(19,20)10-3-1-8(7-16)12(15)6-10/h1-6,18H,17H2. The van der Waals surface area contributed by atoms with E-state index in [4.69, 9.17) is 22.6 Å². The number of halogens is 2. The summed E-state index contributed by atoms with van der Waals surface area (Å²) in [4.78, 5) is -0.0409. The number of hydrogen-bond donors (Lipinski definition) is 2. The van der Waals surface area contributed by atoms with Crippen LogP contribution < -0.4 is 10.5 Å². The van der Waals surface area contributed by atoms with E-state index in [1.807, 2.05) is 6.07 Å². The van der Waals surface area contributed by atoms with Crippen molar-refractivity contribution in [2.24, 2.45) is 0 Å². The van der Waals surface area contributed by atoms with Gasteiger partial charge in [0.05, 0.1) is 21.2 Å². The maximum atomic E-state index is 12.3. The zero-order valence-electron chi connectivity index (χ0n) is 10.5. The van der Waals surface area contributed by atoms with Gasteiger partial charge in [-0.05, 0) is 52.3 Å². The number of nitrogens with zero attached hydrogens (tertiary/aromatic N) is 1. The van der Waals surface area contributed by atoms with Gasteiger partial charge in [-0.2, -0.15) is 5.26 Å². The quantitative estimate of drug-likeness (QED) is 0.791. The van der Waals surface area contributed by atoms with E-state index >= 15 is 0 Å². The van der Waals surface area contributed by atoms with Crippen molar-refractivity contribution < 1.29 is 8.42 Å². The molecule has 8 heteroatoms. The number of sulfonamides is 1. The summed E-state index contributed by atoms with van der Waals surface area (Å²) in [5.41, 5.74) is 6.58. The summed E-state index contributed by atoms with van der Waals surface area (Å²) < 4.78 is 27.6. The Morgan fingerprint density at radius 1 is 1.24 bits per heavy atom. The highest BCUT2D eigenvalue weighted by Crippen LogP contribution is 2.28. The lowest BCUT2D eigenvalue weighted by Crippen LogP contribution is -2.13. The first-order chi connectivity index (χ1) is 9.83. The SMILES string of the molecule is N#Cc1ccc(S(=O)(=O)Nc2cc(N)ccc2Br)cc1Cl. The third-order valence-corrected chi connectivity index (χ3v) is 4.97. The van der Waals surface area contributed by atoms with Crippen molar-refractivity contribution in [3.8, 4) is 6.07 Å². The summed E-state index contributed by atoms with van der Waals surface area (Å²) in [5.74, 6) is 0. The molecule has 0 unspecified atom stereocenters. The van der Waals surface area contributed by atoms with E-state index < -0.39 is 10.0 Å². The molecule has 0 fully saturated rings. The second-order valence-corrected chi connectivity index (χ2v) is 7.04. The highest BCUT2D eigenvalue weighted by atomic mass is 79.9. The molecule has 108 valence electrons. The summed E-state index contributed by atoms with van der Waals surface area (Å²) >= 11 is 9.09. The van der Waals surface area contributed by atoms with Crippen LogP contribution in [0.3, 0.4) is 0 Å². The molecule has 0 aliphatic rings. The lowest BCUT2D eigenvalue weighted by Gasteiger charge is -2.11. The van der Waals surface area contributed by atoms with Crippen LogP contribution in [-0.2, 0) is 10.0 Å². The predicted molar refractivity (Wildman–Crippen MR) is 85.5 cm³/mol. The maximum Gasteiger partial charge on any atom is 0.261 e. The highest BCUT2D eigenvalue weighted by molar-refractivity contribution is 9.10. The Labute approximate surface area is 135 Å². The second kappa shape index (κ2) is 5.93. The third kappa shape index (κ3) is 3.47. The first-order valence-electron chi connectivity index (χ1n) is 5.61. The van der Waals surface area contributed by atoms with Crippen LogP contribution in [0.5, 0.6) is 0 Å². The number of nitrogens with two attached hydrogens (primary N) is 1. The summed E-state index contributed by atoms with van der Waals surface area (Å²) in [6.07, 6.45) is 0. The Bertz CT molecular complexity index is 847. The van der Waals surface area contributed by atoms with Crippen molar-refractivity contribution in [1.29, 1.82) is 5.26 Å². The van der Waals surface area contributed by atoms with E-state index in [2.05, 4.69) is 20.7 Å². The van der Waals surface area contributed by atoms with Crippen LogP contribution in [-0.4, -0.2) is 8.42 Å². The minimum Gasteiger partial charge on any atom is -0.399 e. The zero-order valence-corrected chi connectivity index (χ0v) is 13.6. The number of nitriles is 1. The molecule has 0 radical (unpaired) electrons. The Kier molecular flexibility index (Phi) is 4.42. The molecule has 2 aromatic rings. The number of nitrogens with one attached hydrogen (secondary N) is 1. The molecule has 0 amide bonds. The minimum absolute atomic E-state index is 0.0409. The molecule has 0 atom stereocenters. The van der Waals surface area contributed by atoms with Crippen molar-refractivity contribution in [3.63, 3.8) is 0 Å². The van der Waals surface area contributed by atoms with Crippen molar-refractivity contribution >= 4 is 48.9 Å². The number of nitrogen functional groups attached to an aromatic ring is 1. The summed E-state index contributed by atoms with van der Waals surface area (Å²) in [6, 6.07) is 10.5. The second-order valence-electron chi connectivity index (χ2n) is 4.10. The normalized spacial score (nSPS) is 10.9. The van der Waals surface area contributed by atoms with Gasteiger partial charge in [-0.25, -0.2) is 8.42 Å². The third-order valence-electron chi connectivity index (χ3n) is 2.61. The Hall–Kier alpha value is -1.75. The van der Waals surface area contributed by atoms with E-state index in [0.717, 1.165) is 0 Å². The van der Waals surface area contributed by atoms with Gasteiger partial charge in [0.1, 0.15) is 6.07 Å². The molecule has 21 heavy (non-hydrogen) atoms. The van der Waals surface area contributed by atoms with Crippen LogP contribution in [0, 0.1) is 11.3 Å². The fraction of sp³-hybridized carbons (Fsp3) is 0. The maximum absolute atomic E-state index is 12.3. The highest BCUT2D eigenvalue weighted by Gasteiger charge is 2.17. The van der Waals surface area contributed by atoms with Crippen LogP contribution in [0.1, 0.15) is 5.56 Å². The zero-order chi connectivity index (χ0) is 15.6. The van der Waals surface area contributed by atoms with Crippen LogP contribution in [0.15, 0.2) is 45.8 Å². The molecule has 0 spiro atoms. The molecule has 0 heterocycles. The van der Waals surface area contributed by atoms with Gasteiger partial charge in [-0.3, -0.25) is 4.72 Å². The topological polar surface area (TPSA) is 96.0 Å². The van der Waals surface area contributed by atoms with Crippen molar-refractivity contribution in [3.05, 3.63) is 51.5 Å². The van der Waals surface area contributed by atoms with E-state index in [0.29, 0.717) is 15.8 Å². The molecular weight excluding hydrogens is 378 g/mol. The summed E-state index contributed by atoms with van der Waals surface area (Å²) in [5, 5.41) is 8.87. The van der Waals surface area contributed by atoms with Crippen LogP contribution >= 0.6 is 27.5 Å². The summed E-state index contributed by atoms with van der Waals surface area (Å²) in [7, 11) is -3.83. The monoisotopic (exact) mass is 385 g/mol. The van der Waals surface area contributed by atoms with Gasteiger partial charge in [0.2, 0.25) is 0 Å². The van der Waals surface area contributed by atoms with Gasteiger partial charge in [0, 0.05) is 10.2 Å². The molecule has 2 rings (SSSR count). The average molecular weight is 387 g/mol. The lowest BCUT2D eigenvalue weighted by atomic mass is 10.2. The van der Waals surface area contributed by atoms with Crippen molar-refractivity contribution in [2.45, 2.75) is 4.90 Å². The molecule has 5 nitrogen and oxygen atoms in total. The van der Waals surface area contributed by atoms with Crippen LogP contribution in [0.25, 0.3) is 0 Å². The van der Waals surface area contributed by atoms with Gasteiger partial charge < -0.3 is 5.73 Å². The average Bonchev–Trinajstić information content (AvgIpc) is 2.42. The molecule has 2 aromatic carbocycles. The molecule has 0 saturated heterocycles. The van der Waals surface area contributed by atoms with E-state index in [1.54, 1.807) is 12.1 Å². The molecule has 0 aliphatic heterocycles. The first-order valence-corrected chi connectivity index (χ1v) is 8.26. The van der Waals surface area contributed by atoms with Crippen LogP contribution in [0.4, 0.5) is 11.4 Å². The van der Waals surface area contributed by atoms with Crippen LogP contribution in [0.2, 0.25) is 5.02 Å². The number of hydrogen-bond acceptors (Lipinski definition) is 4. The Morgan fingerprint density at radius 3 is 2.57 bits per heavy atom. The first kappa shape index (κ1) is 15.6. The lowest BCUT2D eigenvalue weighted by molar-refractivity contribution is 0.601. The molecule has 0 aliphatic carbocycles. The number of rotatable bonds is 3. The van der Waals surface area contributed by atoms with Gasteiger partial charge in [-0.1, -0.05) is 11.6 Å². The number of benzene rings is 2.